The third-order valence-corrected chi connectivity index (χ3v) is 4.55. The second kappa shape index (κ2) is 5.64. The summed E-state index contributed by atoms with van der Waals surface area (Å²) in [6, 6.07) is 0. The first-order chi connectivity index (χ1) is 8.81. The summed E-state index contributed by atoms with van der Waals surface area (Å²) in [6.07, 6.45) is 2.22. The molecule has 0 heterocycles. The van der Waals surface area contributed by atoms with Crippen molar-refractivity contribution < 1.29 is 22.1 Å². The van der Waals surface area contributed by atoms with Gasteiger partial charge in [0.15, 0.2) is 0 Å². The van der Waals surface area contributed by atoms with E-state index in [2.05, 4.69) is 0 Å². The van der Waals surface area contributed by atoms with Crippen molar-refractivity contribution in [3.63, 3.8) is 0 Å². The molecule has 0 saturated heterocycles. The van der Waals surface area contributed by atoms with Gasteiger partial charge in [-0.3, -0.25) is 8.98 Å². The van der Waals surface area contributed by atoms with Gasteiger partial charge in [-0.1, -0.05) is 13.8 Å². The van der Waals surface area contributed by atoms with Crippen molar-refractivity contribution in [3.8, 4) is 0 Å². The Morgan fingerprint density at radius 3 is 2.20 bits per heavy atom. The molecule has 1 aliphatic carbocycles. The van der Waals surface area contributed by atoms with Crippen LogP contribution in [0.15, 0.2) is 0 Å². The Labute approximate surface area is 122 Å². The Morgan fingerprint density at radius 2 is 1.80 bits per heavy atom. The van der Waals surface area contributed by atoms with Crippen molar-refractivity contribution in [1.82, 2.24) is 0 Å². The number of rotatable bonds is 5. The predicted octanol–water partition coefficient (Wildman–Crippen LogP) is 2.36. The van der Waals surface area contributed by atoms with Crippen molar-refractivity contribution >= 4 is 16.1 Å². The van der Waals surface area contributed by atoms with Crippen LogP contribution in [-0.4, -0.2) is 32.9 Å². The van der Waals surface area contributed by atoms with E-state index < -0.39 is 15.7 Å². The van der Waals surface area contributed by atoms with Crippen LogP contribution >= 0.6 is 0 Å². The average Bonchev–Trinajstić information content (AvgIpc) is 2.18. The molecule has 0 aromatic rings. The molecule has 0 aliphatic heterocycles. The molecule has 6 heteroatoms. The Kier molecular flexibility index (Phi) is 4.91. The topological polar surface area (TPSA) is 69.7 Å². The summed E-state index contributed by atoms with van der Waals surface area (Å²) < 4.78 is 32.2. The molecular formula is C14H26O5S. The lowest BCUT2D eigenvalue weighted by atomic mass is 9.54. The molecule has 1 rings (SSSR count). The molecule has 1 saturated carbocycles. The van der Waals surface area contributed by atoms with Gasteiger partial charge in [0.2, 0.25) is 0 Å². The maximum Gasteiger partial charge on any atom is 0.306 e. The van der Waals surface area contributed by atoms with E-state index >= 15 is 0 Å². The molecule has 1 fully saturated rings. The first-order valence-corrected chi connectivity index (χ1v) is 8.69. The zero-order valence-corrected chi connectivity index (χ0v) is 14.0. The van der Waals surface area contributed by atoms with E-state index in [0.717, 1.165) is 12.7 Å². The number of hydrogen-bond acceptors (Lipinski definition) is 5. The highest BCUT2D eigenvalue weighted by molar-refractivity contribution is 7.85. The van der Waals surface area contributed by atoms with Crippen LogP contribution in [0.3, 0.4) is 0 Å². The first kappa shape index (κ1) is 17.4. The van der Waals surface area contributed by atoms with Crippen LogP contribution < -0.4 is 0 Å². The zero-order valence-electron chi connectivity index (χ0n) is 13.2. The molecule has 2 unspecified atom stereocenters. The Bertz CT molecular complexity index is 458. The fraction of sp³-hybridized carbons (Fsp3) is 0.929. The van der Waals surface area contributed by atoms with Crippen LogP contribution in [0.1, 0.15) is 47.5 Å². The standard InChI is InChI=1S/C14H26O5S/c1-13(2,3)19-12(15)8-10-7-11(14(10,4)5)9-18-20(6,16)17/h10-11H,7-9H2,1-6H3. The molecule has 0 aromatic heterocycles. The van der Waals surface area contributed by atoms with Gasteiger partial charge in [-0.05, 0) is 44.4 Å². The SMILES string of the molecule is CC(C)(C)OC(=O)CC1CC(COS(C)(=O)=O)C1(C)C. The fourth-order valence-electron chi connectivity index (χ4n) is 2.54. The summed E-state index contributed by atoms with van der Waals surface area (Å²) in [7, 11) is -3.40. The lowest BCUT2D eigenvalue weighted by Crippen LogP contribution is -2.48. The van der Waals surface area contributed by atoms with Crippen molar-refractivity contribution in [2.24, 2.45) is 17.3 Å². The minimum Gasteiger partial charge on any atom is -0.460 e. The van der Waals surface area contributed by atoms with Crippen molar-refractivity contribution in [2.75, 3.05) is 12.9 Å². The van der Waals surface area contributed by atoms with Gasteiger partial charge in [0.1, 0.15) is 5.60 Å². The second-order valence-electron chi connectivity index (χ2n) is 7.23. The zero-order chi connectivity index (χ0) is 15.8. The van der Waals surface area contributed by atoms with E-state index in [9.17, 15) is 13.2 Å². The number of ether oxygens (including phenoxy) is 1. The van der Waals surface area contributed by atoms with Crippen LogP contribution in [-0.2, 0) is 23.8 Å². The lowest BCUT2D eigenvalue weighted by Gasteiger charge is -2.51. The minimum atomic E-state index is -3.40. The Hall–Kier alpha value is -0.620. The van der Waals surface area contributed by atoms with Crippen molar-refractivity contribution in [2.45, 2.75) is 53.1 Å². The molecule has 0 N–H and O–H groups in total. The normalized spacial score (nSPS) is 25.9. The van der Waals surface area contributed by atoms with E-state index in [1.54, 1.807) is 0 Å². The highest BCUT2D eigenvalue weighted by atomic mass is 32.2. The van der Waals surface area contributed by atoms with Crippen molar-refractivity contribution in [1.29, 1.82) is 0 Å². The van der Waals surface area contributed by atoms with Gasteiger partial charge in [-0.15, -0.1) is 0 Å². The van der Waals surface area contributed by atoms with Crippen LogP contribution in [0, 0.1) is 17.3 Å². The first-order valence-electron chi connectivity index (χ1n) is 6.87. The summed E-state index contributed by atoms with van der Waals surface area (Å²) in [6.45, 7) is 9.82. The van der Waals surface area contributed by atoms with Crippen LogP contribution in [0.5, 0.6) is 0 Å². The third-order valence-electron chi connectivity index (χ3n) is 3.99. The summed E-state index contributed by atoms with van der Waals surface area (Å²) in [4.78, 5) is 11.8. The van der Waals surface area contributed by atoms with Gasteiger partial charge < -0.3 is 4.74 Å². The molecule has 0 amide bonds. The molecule has 20 heavy (non-hydrogen) atoms. The van der Waals surface area contributed by atoms with E-state index in [-0.39, 0.29) is 29.8 Å². The number of carbonyl (C=O) groups excluding carboxylic acids is 1. The predicted molar refractivity (Wildman–Crippen MR) is 76.6 cm³/mol. The molecule has 2 atom stereocenters. The highest BCUT2D eigenvalue weighted by Gasteiger charge is 2.49. The van der Waals surface area contributed by atoms with Gasteiger partial charge in [0, 0.05) is 6.42 Å². The van der Waals surface area contributed by atoms with Crippen LogP contribution in [0.25, 0.3) is 0 Å². The fourth-order valence-corrected chi connectivity index (χ4v) is 2.95. The molecule has 5 nitrogen and oxygen atoms in total. The molecule has 0 bridgehead atoms. The number of hydrogen-bond donors (Lipinski definition) is 0. The largest absolute Gasteiger partial charge is 0.460 e. The van der Waals surface area contributed by atoms with E-state index in [1.165, 1.54) is 0 Å². The molecule has 118 valence electrons. The van der Waals surface area contributed by atoms with Gasteiger partial charge >= 0.3 is 5.97 Å². The molecular weight excluding hydrogens is 280 g/mol. The smallest absolute Gasteiger partial charge is 0.306 e. The molecule has 0 aromatic carbocycles. The van der Waals surface area contributed by atoms with Gasteiger partial charge in [0.25, 0.3) is 10.1 Å². The summed E-state index contributed by atoms with van der Waals surface area (Å²) >= 11 is 0. The van der Waals surface area contributed by atoms with Crippen LogP contribution in [0.4, 0.5) is 0 Å². The van der Waals surface area contributed by atoms with Gasteiger partial charge in [0.05, 0.1) is 12.9 Å². The quantitative estimate of drug-likeness (QED) is 0.576. The van der Waals surface area contributed by atoms with Crippen molar-refractivity contribution in [3.05, 3.63) is 0 Å². The monoisotopic (exact) mass is 306 g/mol. The second-order valence-corrected chi connectivity index (χ2v) is 8.87. The van der Waals surface area contributed by atoms with E-state index in [1.807, 2.05) is 34.6 Å². The minimum absolute atomic E-state index is 0.110. The van der Waals surface area contributed by atoms with E-state index in [0.29, 0.717) is 6.42 Å². The van der Waals surface area contributed by atoms with Crippen LogP contribution in [0.2, 0.25) is 0 Å². The summed E-state index contributed by atoms with van der Waals surface area (Å²) in [5.41, 5.74) is -0.578. The number of esters is 1. The Morgan fingerprint density at radius 1 is 1.25 bits per heavy atom. The Balaban J connectivity index is 2.47. The van der Waals surface area contributed by atoms with Gasteiger partial charge in [-0.25, -0.2) is 0 Å². The maximum atomic E-state index is 11.8. The summed E-state index contributed by atoms with van der Waals surface area (Å²) in [5.74, 6) is 0.174. The third kappa shape index (κ3) is 5.05. The average molecular weight is 306 g/mol. The highest BCUT2D eigenvalue weighted by Crippen LogP contribution is 2.53. The molecule has 0 spiro atoms. The lowest BCUT2D eigenvalue weighted by molar-refractivity contribution is -0.161. The van der Waals surface area contributed by atoms with Gasteiger partial charge in [-0.2, -0.15) is 8.42 Å². The molecule has 0 radical (unpaired) electrons. The van der Waals surface area contributed by atoms with E-state index in [4.69, 9.17) is 8.92 Å². The number of carbonyl (C=O) groups is 1. The summed E-state index contributed by atoms with van der Waals surface area (Å²) in [5, 5.41) is 0. The maximum absolute atomic E-state index is 11.8. The molecule has 1 aliphatic rings.